The largest absolute Gasteiger partial charge is 0.481 e. The van der Waals surface area contributed by atoms with E-state index >= 15 is 0 Å². The molecule has 0 radical (unpaired) electrons. The van der Waals surface area contributed by atoms with Crippen molar-refractivity contribution in [2.45, 2.75) is 32.7 Å². The summed E-state index contributed by atoms with van der Waals surface area (Å²) in [5.41, 5.74) is 1.94. The van der Waals surface area contributed by atoms with Crippen LogP contribution < -0.4 is 0 Å². The van der Waals surface area contributed by atoms with Gasteiger partial charge in [-0.3, -0.25) is 19.7 Å². The van der Waals surface area contributed by atoms with Gasteiger partial charge in [-0.2, -0.15) is 0 Å². The van der Waals surface area contributed by atoms with Gasteiger partial charge in [0.25, 0.3) is 0 Å². The van der Waals surface area contributed by atoms with E-state index in [1.54, 1.807) is 12.4 Å². The van der Waals surface area contributed by atoms with Gasteiger partial charge in [-0.05, 0) is 39.8 Å². The number of aryl methyl sites for hydroxylation is 1. The van der Waals surface area contributed by atoms with Crippen molar-refractivity contribution in [2.75, 3.05) is 13.1 Å². The van der Waals surface area contributed by atoms with Gasteiger partial charge in [-0.1, -0.05) is 0 Å². The number of likely N-dealkylation sites (tertiary alicyclic amines) is 1. The van der Waals surface area contributed by atoms with Crippen LogP contribution in [-0.2, 0) is 4.79 Å². The third-order valence-electron chi connectivity index (χ3n) is 3.74. The molecule has 2 rings (SSSR count). The molecule has 1 atom stereocenters. The molecular formula is C13H19N3O2. The molecule has 0 spiro atoms. The van der Waals surface area contributed by atoms with E-state index in [2.05, 4.69) is 21.8 Å². The number of carboxylic acid groups (broad SMARTS) is 1. The molecule has 1 aliphatic heterocycles. The zero-order valence-corrected chi connectivity index (χ0v) is 10.8. The molecule has 1 unspecified atom stereocenters. The van der Waals surface area contributed by atoms with Gasteiger partial charge in [-0.15, -0.1) is 0 Å². The Morgan fingerprint density at radius 1 is 1.39 bits per heavy atom. The number of aromatic nitrogens is 2. The maximum absolute atomic E-state index is 10.9. The molecule has 0 aliphatic carbocycles. The van der Waals surface area contributed by atoms with Crippen molar-refractivity contribution in [3.8, 4) is 0 Å². The van der Waals surface area contributed by atoms with E-state index in [0.717, 1.165) is 37.3 Å². The zero-order chi connectivity index (χ0) is 13.1. The Morgan fingerprint density at radius 3 is 2.56 bits per heavy atom. The number of rotatable bonds is 3. The molecule has 0 saturated carbocycles. The molecule has 5 heteroatoms. The average molecular weight is 249 g/mol. The van der Waals surface area contributed by atoms with E-state index in [-0.39, 0.29) is 12.0 Å². The van der Waals surface area contributed by atoms with E-state index < -0.39 is 5.97 Å². The number of hydrogen-bond acceptors (Lipinski definition) is 4. The third kappa shape index (κ3) is 2.67. The zero-order valence-electron chi connectivity index (χ0n) is 10.8. The minimum absolute atomic E-state index is 0.184. The second-order valence-corrected chi connectivity index (χ2v) is 4.85. The maximum atomic E-state index is 10.9. The van der Waals surface area contributed by atoms with Crippen molar-refractivity contribution in [3.05, 3.63) is 23.8 Å². The Hall–Kier alpha value is -1.49. The van der Waals surface area contributed by atoms with Crippen molar-refractivity contribution >= 4 is 5.97 Å². The predicted molar refractivity (Wildman–Crippen MR) is 67.1 cm³/mol. The SMILES string of the molecule is Cc1nccnc1C(C)N1CCC(C(=O)O)CC1. The summed E-state index contributed by atoms with van der Waals surface area (Å²) < 4.78 is 0. The minimum atomic E-state index is -0.669. The van der Waals surface area contributed by atoms with Crippen LogP contribution in [0.4, 0.5) is 0 Å². The Bertz CT molecular complexity index is 428. The predicted octanol–water partition coefficient (Wildman–Crippen LogP) is 1.64. The summed E-state index contributed by atoms with van der Waals surface area (Å²) in [5, 5.41) is 8.98. The van der Waals surface area contributed by atoms with Gasteiger partial charge in [-0.25, -0.2) is 0 Å². The lowest BCUT2D eigenvalue weighted by Gasteiger charge is -2.34. The lowest BCUT2D eigenvalue weighted by molar-refractivity contribution is -0.143. The quantitative estimate of drug-likeness (QED) is 0.882. The van der Waals surface area contributed by atoms with Crippen LogP contribution in [0.3, 0.4) is 0 Å². The van der Waals surface area contributed by atoms with E-state index in [1.165, 1.54) is 0 Å². The molecule has 18 heavy (non-hydrogen) atoms. The molecular weight excluding hydrogens is 230 g/mol. The number of nitrogens with zero attached hydrogens (tertiary/aromatic N) is 3. The van der Waals surface area contributed by atoms with Crippen LogP contribution in [0.2, 0.25) is 0 Å². The molecule has 5 nitrogen and oxygen atoms in total. The maximum Gasteiger partial charge on any atom is 0.306 e. The van der Waals surface area contributed by atoms with E-state index in [0.29, 0.717) is 0 Å². The van der Waals surface area contributed by atoms with Crippen molar-refractivity contribution in [1.82, 2.24) is 14.9 Å². The summed E-state index contributed by atoms with van der Waals surface area (Å²) in [4.78, 5) is 21.8. The fourth-order valence-electron chi connectivity index (χ4n) is 2.54. The fourth-order valence-corrected chi connectivity index (χ4v) is 2.54. The van der Waals surface area contributed by atoms with Gasteiger partial charge < -0.3 is 5.11 Å². The van der Waals surface area contributed by atoms with Crippen LogP contribution in [0.15, 0.2) is 12.4 Å². The highest BCUT2D eigenvalue weighted by atomic mass is 16.4. The number of carbonyl (C=O) groups is 1. The topological polar surface area (TPSA) is 66.3 Å². The molecule has 1 saturated heterocycles. The molecule has 0 aromatic carbocycles. The highest BCUT2D eigenvalue weighted by molar-refractivity contribution is 5.70. The van der Waals surface area contributed by atoms with Crippen LogP contribution >= 0.6 is 0 Å². The molecule has 2 heterocycles. The fraction of sp³-hybridized carbons (Fsp3) is 0.615. The molecule has 0 bridgehead atoms. The summed E-state index contributed by atoms with van der Waals surface area (Å²) in [7, 11) is 0. The number of aliphatic carboxylic acids is 1. The Labute approximate surface area is 107 Å². The monoisotopic (exact) mass is 249 g/mol. The summed E-state index contributed by atoms with van der Waals surface area (Å²) >= 11 is 0. The van der Waals surface area contributed by atoms with Crippen molar-refractivity contribution in [3.63, 3.8) is 0 Å². The normalized spacial score (nSPS) is 19.7. The Kier molecular flexibility index (Phi) is 3.91. The summed E-state index contributed by atoms with van der Waals surface area (Å²) in [6.07, 6.45) is 4.85. The molecule has 1 aromatic rings. The second-order valence-electron chi connectivity index (χ2n) is 4.85. The first-order chi connectivity index (χ1) is 8.59. The lowest BCUT2D eigenvalue weighted by Crippen LogP contribution is -2.38. The molecule has 1 aliphatic rings. The molecule has 0 amide bonds. The number of piperidine rings is 1. The summed E-state index contributed by atoms with van der Waals surface area (Å²) in [6.45, 7) is 5.70. The van der Waals surface area contributed by atoms with Gasteiger partial charge in [0.2, 0.25) is 0 Å². The van der Waals surface area contributed by atoms with Crippen LogP contribution in [0.25, 0.3) is 0 Å². The van der Waals surface area contributed by atoms with E-state index in [9.17, 15) is 4.79 Å². The molecule has 1 fully saturated rings. The van der Waals surface area contributed by atoms with Crippen LogP contribution in [0.1, 0.15) is 37.2 Å². The average Bonchev–Trinajstić information content (AvgIpc) is 2.38. The van der Waals surface area contributed by atoms with Crippen molar-refractivity contribution < 1.29 is 9.90 Å². The van der Waals surface area contributed by atoms with Gasteiger partial charge in [0.05, 0.1) is 23.3 Å². The van der Waals surface area contributed by atoms with E-state index in [1.807, 2.05) is 6.92 Å². The number of carboxylic acids is 1. The van der Waals surface area contributed by atoms with Crippen LogP contribution in [0.5, 0.6) is 0 Å². The molecule has 98 valence electrons. The summed E-state index contributed by atoms with van der Waals surface area (Å²) in [5.74, 6) is -0.852. The van der Waals surface area contributed by atoms with Crippen molar-refractivity contribution in [2.24, 2.45) is 5.92 Å². The minimum Gasteiger partial charge on any atom is -0.481 e. The first kappa shape index (κ1) is 13.0. The summed E-state index contributed by atoms with van der Waals surface area (Å²) in [6, 6.07) is 0.202. The van der Waals surface area contributed by atoms with Crippen LogP contribution in [0, 0.1) is 12.8 Å². The van der Waals surface area contributed by atoms with Gasteiger partial charge in [0.15, 0.2) is 0 Å². The van der Waals surface area contributed by atoms with E-state index in [4.69, 9.17) is 5.11 Å². The highest BCUT2D eigenvalue weighted by Crippen LogP contribution is 2.26. The molecule has 1 N–H and O–H groups in total. The lowest BCUT2D eigenvalue weighted by atomic mass is 9.95. The highest BCUT2D eigenvalue weighted by Gasteiger charge is 2.28. The smallest absolute Gasteiger partial charge is 0.306 e. The molecule has 1 aromatic heterocycles. The Balaban J connectivity index is 2.02. The van der Waals surface area contributed by atoms with Crippen molar-refractivity contribution in [1.29, 1.82) is 0 Å². The second kappa shape index (κ2) is 5.44. The number of hydrogen-bond donors (Lipinski definition) is 1. The first-order valence-electron chi connectivity index (χ1n) is 6.34. The van der Waals surface area contributed by atoms with Gasteiger partial charge in [0, 0.05) is 12.4 Å². The first-order valence-corrected chi connectivity index (χ1v) is 6.34. The van der Waals surface area contributed by atoms with Gasteiger partial charge in [0.1, 0.15) is 0 Å². The standard InChI is InChI=1S/C13H19N3O2/c1-9-12(15-6-5-14-9)10(2)16-7-3-11(4-8-16)13(17)18/h5-6,10-11H,3-4,7-8H2,1-2H3,(H,17,18). The Morgan fingerprint density at radius 2 is 2.00 bits per heavy atom. The van der Waals surface area contributed by atoms with Crippen LogP contribution in [-0.4, -0.2) is 39.0 Å². The third-order valence-corrected chi connectivity index (χ3v) is 3.74. The van der Waals surface area contributed by atoms with Gasteiger partial charge >= 0.3 is 5.97 Å².